The molecule has 0 spiro atoms. The van der Waals surface area contributed by atoms with Crippen molar-refractivity contribution >= 4 is 27.6 Å². The number of sulfonamides is 1. The molecule has 214 valence electrons. The topological polar surface area (TPSA) is 128 Å². The molecule has 2 aromatic heterocycles. The molecule has 40 heavy (non-hydrogen) atoms. The molecule has 1 aromatic carbocycles. The van der Waals surface area contributed by atoms with Gasteiger partial charge in [-0.15, -0.1) is 0 Å². The van der Waals surface area contributed by atoms with Crippen LogP contribution in [0.5, 0.6) is 5.75 Å². The van der Waals surface area contributed by atoms with E-state index in [-0.39, 0.29) is 27.7 Å². The summed E-state index contributed by atoms with van der Waals surface area (Å²) in [5.74, 6) is -0.0579. The maximum atomic E-state index is 14.6. The van der Waals surface area contributed by atoms with E-state index in [1.807, 2.05) is 18.7 Å². The number of hydrogen-bond donors (Lipinski definition) is 2. The lowest BCUT2D eigenvalue weighted by Gasteiger charge is -2.42. The van der Waals surface area contributed by atoms with Gasteiger partial charge in [0.25, 0.3) is 15.9 Å². The predicted octanol–water partition coefficient (Wildman–Crippen LogP) is 4.89. The van der Waals surface area contributed by atoms with E-state index in [2.05, 4.69) is 30.5 Å². The van der Waals surface area contributed by atoms with Gasteiger partial charge >= 0.3 is 0 Å². The summed E-state index contributed by atoms with van der Waals surface area (Å²) >= 11 is 0. The normalized spacial score (nSPS) is 17.1. The Balaban J connectivity index is 1.76. The number of aromatic nitrogens is 2. The number of halogens is 1. The Morgan fingerprint density at radius 3 is 2.62 bits per heavy atom. The molecule has 0 radical (unpaired) electrons. The largest absolute Gasteiger partial charge is 0.493 e. The van der Waals surface area contributed by atoms with Gasteiger partial charge in [0, 0.05) is 24.7 Å². The second-order valence-corrected chi connectivity index (χ2v) is 13.3. The molecule has 9 nitrogen and oxygen atoms in total. The molecule has 3 heterocycles. The number of anilines is 2. The maximum Gasteiger partial charge on any atom is 0.281 e. The van der Waals surface area contributed by atoms with Crippen molar-refractivity contribution in [3.63, 3.8) is 0 Å². The fourth-order valence-corrected chi connectivity index (χ4v) is 6.03. The average Bonchev–Trinajstić information content (AvgIpc) is 2.85. The molecule has 0 bridgehead atoms. The SMILES string of the molecule is CC(C)COc1cc(F)cc(-c2ccc(C(=O)NS(=O)(=O)c3cccc(N)n3)c(N3CC(C)CC(C)(C)C3)n2)c1. The van der Waals surface area contributed by atoms with Crippen LogP contribution < -0.4 is 20.1 Å². The number of nitrogens with two attached hydrogens (primary N) is 1. The van der Waals surface area contributed by atoms with Gasteiger partial charge in [-0.3, -0.25) is 4.79 Å². The summed E-state index contributed by atoms with van der Waals surface area (Å²) in [7, 11) is -4.30. The van der Waals surface area contributed by atoms with Crippen LogP contribution in [0, 0.1) is 23.1 Å². The Morgan fingerprint density at radius 2 is 1.95 bits per heavy atom. The third-order valence-electron chi connectivity index (χ3n) is 6.47. The zero-order valence-corrected chi connectivity index (χ0v) is 24.3. The fourth-order valence-electron chi connectivity index (χ4n) is 5.09. The van der Waals surface area contributed by atoms with Gasteiger partial charge in [0.1, 0.15) is 23.2 Å². The number of pyridine rings is 2. The minimum atomic E-state index is -4.30. The van der Waals surface area contributed by atoms with E-state index in [0.29, 0.717) is 48.4 Å². The Labute approximate surface area is 235 Å². The van der Waals surface area contributed by atoms with Crippen LogP contribution in [0.3, 0.4) is 0 Å². The van der Waals surface area contributed by atoms with E-state index in [4.69, 9.17) is 15.5 Å². The molecule has 11 heteroatoms. The Hall–Kier alpha value is -3.73. The van der Waals surface area contributed by atoms with Gasteiger partial charge in [-0.2, -0.15) is 8.42 Å². The summed E-state index contributed by atoms with van der Waals surface area (Å²) in [5.41, 5.74) is 6.56. The van der Waals surface area contributed by atoms with Gasteiger partial charge in [0.05, 0.1) is 17.9 Å². The van der Waals surface area contributed by atoms with Crippen molar-refractivity contribution in [3.05, 3.63) is 59.9 Å². The molecule has 0 saturated carbocycles. The second kappa shape index (κ2) is 11.4. The Bertz CT molecular complexity index is 1510. The molecule has 1 aliphatic rings. The average molecular weight is 570 g/mol. The number of carbonyl (C=O) groups excluding carboxylic acids is 1. The van der Waals surface area contributed by atoms with Crippen LogP contribution in [0.15, 0.2) is 53.6 Å². The number of ether oxygens (including phenoxy) is 1. The van der Waals surface area contributed by atoms with Crippen LogP contribution >= 0.6 is 0 Å². The van der Waals surface area contributed by atoms with Crippen molar-refractivity contribution in [2.24, 2.45) is 17.3 Å². The third kappa shape index (κ3) is 7.07. The van der Waals surface area contributed by atoms with Crippen molar-refractivity contribution in [1.29, 1.82) is 0 Å². The molecule has 1 fully saturated rings. The monoisotopic (exact) mass is 569 g/mol. The molecular formula is C29H36FN5O4S. The highest BCUT2D eigenvalue weighted by molar-refractivity contribution is 7.90. The predicted molar refractivity (Wildman–Crippen MR) is 153 cm³/mol. The molecule has 1 saturated heterocycles. The summed E-state index contributed by atoms with van der Waals surface area (Å²) in [4.78, 5) is 24.1. The van der Waals surface area contributed by atoms with Crippen LogP contribution in [0.4, 0.5) is 16.0 Å². The van der Waals surface area contributed by atoms with Crippen LogP contribution in [-0.2, 0) is 10.0 Å². The van der Waals surface area contributed by atoms with Gasteiger partial charge in [-0.05, 0) is 60.1 Å². The molecule has 1 amide bonds. The van der Waals surface area contributed by atoms with E-state index in [1.165, 1.54) is 36.4 Å². The van der Waals surface area contributed by atoms with Crippen molar-refractivity contribution in [1.82, 2.24) is 14.7 Å². The third-order valence-corrected chi connectivity index (χ3v) is 7.70. The van der Waals surface area contributed by atoms with Crippen LogP contribution in [0.1, 0.15) is 51.4 Å². The zero-order valence-electron chi connectivity index (χ0n) is 23.4. The first-order valence-corrected chi connectivity index (χ1v) is 14.7. The highest BCUT2D eigenvalue weighted by Crippen LogP contribution is 2.36. The van der Waals surface area contributed by atoms with Gasteiger partial charge in [-0.25, -0.2) is 19.1 Å². The van der Waals surface area contributed by atoms with Crippen LogP contribution in [0.25, 0.3) is 11.3 Å². The number of nitrogens with one attached hydrogen (secondary N) is 1. The van der Waals surface area contributed by atoms with Crippen molar-refractivity contribution in [3.8, 4) is 17.0 Å². The maximum absolute atomic E-state index is 14.6. The number of carbonyl (C=O) groups is 1. The number of benzene rings is 1. The lowest BCUT2D eigenvalue weighted by atomic mass is 9.79. The Morgan fingerprint density at radius 1 is 1.20 bits per heavy atom. The molecule has 3 N–H and O–H groups in total. The molecular weight excluding hydrogens is 533 g/mol. The van der Waals surface area contributed by atoms with E-state index in [9.17, 15) is 17.6 Å². The first-order valence-electron chi connectivity index (χ1n) is 13.2. The van der Waals surface area contributed by atoms with E-state index >= 15 is 0 Å². The summed E-state index contributed by atoms with van der Waals surface area (Å²) in [6.07, 6.45) is 0.987. The van der Waals surface area contributed by atoms with Gasteiger partial charge in [0.15, 0.2) is 5.03 Å². The minimum Gasteiger partial charge on any atom is -0.493 e. The number of rotatable bonds is 8. The highest BCUT2D eigenvalue weighted by Gasteiger charge is 2.34. The Kier molecular flexibility index (Phi) is 8.34. The lowest BCUT2D eigenvalue weighted by Crippen LogP contribution is -2.45. The van der Waals surface area contributed by atoms with Crippen molar-refractivity contribution < 1.29 is 22.3 Å². The molecule has 3 aromatic rings. The van der Waals surface area contributed by atoms with Gasteiger partial charge < -0.3 is 15.4 Å². The minimum absolute atomic E-state index is 0.0124. The number of nitrogens with zero attached hydrogens (tertiary/aromatic N) is 3. The quantitative estimate of drug-likeness (QED) is 0.393. The smallest absolute Gasteiger partial charge is 0.281 e. The van der Waals surface area contributed by atoms with E-state index in [0.717, 1.165) is 6.42 Å². The second-order valence-electron chi connectivity index (χ2n) is 11.6. The molecule has 4 rings (SSSR count). The highest BCUT2D eigenvalue weighted by atomic mass is 32.2. The van der Waals surface area contributed by atoms with E-state index in [1.54, 1.807) is 12.1 Å². The first kappa shape index (κ1) is 29.3. The first-order chi connectivity index (χ1) is 18.7. The fraction of sp³-hybridized carbons (Fsp3) is 0.414. The number of amides is 1. The standard InChI is InChI=1S/C29H36FN5O4S/c1-18(2)16-39-22-12-20(11-21(30)13-22)24-10-9-23(27(32-24)35-15-19(3)14-29(4,5)17-35)28(36)34-40(37,38)26-8-6-7-25(31)33-26/h6-13,18-19H,14-17H2,1-5H3,(H2,31,33)(H,34,36). The van der Waals surface area contributed by atoms with Crippen LogP contribution in [-0.4, -0.2) is 44.0 Å². The lowest BCUT2D eigenvalue weighted by molar-refractivity contribution is 0.0981. The number of hydrogen-bond acceptors (Lipinski definition) is 8. The number of piperidine rings is 1. The number of nitrogen functional groups attached to an aromatic ring is 1. The zero-order chi connectivity index (χ0) is 29.2. The summed E-state index contributed by atoms with van der Waals surface area (Å²) in [6, 6.07) is 11.6. The molecule has 1 aliphatic heterocycles. The van der Waals surface area contributed by atoms with Gasteiger partial charge in [0.2, 0.25) is 0 Å². The summed E-state index contributed by atoms with van der Waals surface area (Å²) in [6.45, 7) is 12.1. The van der Waals surface area contributed by atoms with Crippen molar-refractivity contribution in [2.75, 3.05) is 30.3 Å². The molecule has 0 aliphatic carbocycles. The van der Waals surface area contributed by atoms with E-state index < -0.39 is 21.7 Å². The molecule has 1 atom stereocenters. The summed E-state index contributed by atoms with van der Waals surface area (Å²) < 4.78 is 48.3. The van der Waals surface area contributed by atoms with Gasteiger partial charge in [-0.1, -0.05) is 40.7 Å². The molecule has 1 unspecified atom stereocenters. The summed E-state index contributed by atoms with van der Waals surface area (Å²) in [5, 5.41) is -0.367. The van der Waals surface area contributed by atoms with Crippen LogP contribution in [0.2, 0.25) is 0 Å². The van der Waals surface area contributed by atoms with Crippen molar-refractivity contribution in [2.45, 2.75) is 46.1 Å².